The van der Waals surface area contributed by atoms with Gasteiger partial charge < -0.3 is 0 Å². The summed E-state index contributed by atoms with van der Waals surface area (Å²) in [4.78, 5) is 0. The van der Waals surface area contributed by atoms with Gasteiger partial charge in [-0.15, -0.1) is 0 Å². The molecule has 1 rings (SSSR count). The summed E-state index contributed by atoms with van der Waals surface area (Å²) in [5.74, 6) is 0. The second-order valence-corrected chi connectivity index (χ2v) is 2.94. The maximum atomic E-state index is 3.63. The summed E-state index contributed by atoms with van der Waals surface area (Å²) in [5, 5.41) is 0. The molecule has 0 amide bonds. The number of aryl methyl sites for hydroxylation is 2. The van der Waals surface area contributed by atoms with Gasteiger partial charge in [-0.2, -0.15) is 0 Å². The first-order valence-electron chi connectivity index (χ1n) is 5.10. The molecular weight excluding hydrogens is 168 g/mol. The lowest BCUT2D eigenvalue weighted by atomic mass is 10.1. The minimum Gasteiger partial charge on any atom is -0.0991 e. The monoisotopic (exact) mass is 188 g/mol. The second kappa shape index (κ2) is 7.14. The molecule has 0 bridgehead atoms. The molecule has 0 spiro atoms. The van der Waals surface area contributed by atoms with E-state index >= 15 is 0 Å². The van der Waals surface area contributed by atoms with Gasteiger partial charge in [0.05, 0.1) is 0 Å². The van der Waals surface area contributed by atoms with Crippen LogP contribution in [0.1, 0.15) is 30.5 Å². The highest BCUT2D eigenvalue weighted by atomic mass is 14.0. The molecule has 0 heterocycles. The highest BCUT2D eigenvalue weighted by molar-refractivity contribution is 5.52. The fourth-order valence-corrected chi connectivity index (χ4v) is 1.05. The van der Waals surface area contributed by atoms with Gasteiger partial charge in [-0.3, -0.25) is 0 Å². The first-order chi connectivity index (χ1) is 6.74. The van der Waals surface area contributed by atoms with E-state index in [9.17, 15) is 0 Å². The van der Waals surface area contributed by atoms with E-state index in [1.165, 1.54) is 16.7 Å². The number of hydrogen-bond acceptors (Lipinski definition) is 0. The fraction of sp³-hybridized carbons (Fsp3) is 0.286. The van der Waals surface area contributed by atoms with Crippen molar-refractivity contribution in [2.24, 2.45) is 0 Å². The Morgan fingerprint density at radius 2 is 1.71 bits per heavy atom. The zero-order valence-electron chi connectivity index (χ0n) is 9.67. The lowest BCUT2D eigenvalue weighted by Gasteiger charge is -1.99. The first-order valence-corrected chi connectivity index (χ1v) is 5.10. The summed E-state index contributed by atoms with van der Waals surface area (Å²) < 4.78 is 0. The molecule has 0 aliphatic rings. The van der Waals surface area contributed by atoms with Crippen molar-refractivity contribution < 1.29 is 0 Å². The van der Waals surface area contributed by atoms with Crippen molar-refractivity contribution in [2.45, 2.75) is 27.7 Å². The molecule has 76 valence electrons. The van der Waals surface area contributed by atoms with E-state index in [1.807, 2.05) is 19.9 Å². The van der Waals surface area contributed by atoms with Gasteiger partial charge in [0, 0.05) is 0 Å². The van der Waals surface area contributed by atoms with Gasteiger partial charge in [-0.05, 0) is 30.5 Å². The van der Waals surface area contributed by atoms with Crippen molar-refractivity contribution >= 4 is 6.08 Å². The third-order valence-corrected chi connectivity index (χ3v) is 1.96. The van der Waals surface area contributed by atoms with E-state index in [0.29, 0.717) is 0 Å². The van der Waals surface area contributed by atoms with Crippen LogP contribution in [0.3, 0.4) is 0 Å². The van der Waals surface area contributed by atoms with E-state index in [1.54, 1.807) is 6.08 Å². The third-order valence-electron chi connectivity index (χ3n) is 1.96. The van der Waals surface area contributed by atoms with E-state index in [2.05, 4.69) is 44.7 Å². The van der Waals surface area contributed by atoms with Crippen LogP contribution in [-0.4, -0.2) is 0 Å². The number of hydrogen-bond donors (Lipinski definition) is 0. The molecule has 0 saturated carbocycles. The normalized spacial score (nSPS) is 9.43. The molecule has 0 aliphatic carbocycles. The van der Waals surface area contributed by atoms with Crippen molar-refractivity contribution in [2.75, 3.05) is 0 Å². The van der Waals surface area contributed by atoms with Crippen LogP contribution in [-0.2, 0) is 0 Å². The Morgan fingerprint density at radius 1 is 1.07 bits per heavy atom. The minimum absolute atomic E-state index is 1.23. The van der Waals surface area contributed by atoms with Gasteiger partial charge in [0.2, 0.25) is 0 Å². The van der Waals surface area contributed by atoms with Crippen LogP contribution in [0.4, 0.5) is 0 Å². The van der Waals surface area contributed by atoms with Gasteiger partial charge in [0.1, 0.15) is 0 Å². The van der Waals surface area contributed by atoms with Crippen molar-refractivity contribution in [3.63, 3.8) is 0 Å². The van der Waals surface area contributed by atoms with Crippen molar-refractivity contribution in [3.8, 4) is 0 Å². The highest BCUT2D eigenvalue weighted by Gasteiger charge is 1.91. The van der Waals surface area contributed by atoms with Gasteiger partial charge >= 0.3 is 0 Å². The maximum absolute atomic E-state index is 3.63. The summed E-state index contributed by atoms with van der Waals surface area (Å²) in [6.07, 6.45) is 5.79. The smallest absolute Gasteiger partial charge is 0.0254 e. The molecule has 0 aromatic heterocycles. The highest BCUT2D eigenvalue weighted by Crippen LogP contribution is 2.10. The Hall–Kier alpha value is -1.30. The molecule has 1 aromatic carbocycles. The molecule has 0 nitrogen and oxygen atoms in total. The Balaban J connectivity index is 0.000000791. The van der Waals surface area contributed by atoms with Crippen LogP contribution in [0.25, 0.3) is 6.08 Å². The average Bonchev–Trinajstić information content (AvgIpc) is 2.23. The zero-order chi connectivity index (χ0) is 11.0. The van der Waals surface area contributed by atoms with E-state index in [-0.39, 0.29) is 0 Å². The van der Waals surface area contributed by atoms with Crippen molar-refractivity contribution in [3.05, 3.63) is 53.6 Å². The predicted molar refractivity (Wildman–Crippen MR) is 66.5 cm³/mol. The summed E-state index contributed by atoms with van der Waals surface area (Å²) in [6.45, 7) is 11.9. The average molecular weight is 188 g/mol. The van der Waals surface area contributed by atoms with Crippen LogP contribution >= 0.6 is 0 Å². The van der Waals surface area contributed by atoms with Crippen molar-refractivity contribution in [1.82, 2.24) is 0 Å². The molecule has 0 atom stereocenters. The molecule has 14 heavy (non-hydrogen) atoms. The summed E-state index contributed by atoms with van der Waals surface area (Å²) >= 11 is 0. The van der Waals surface area contributed by atoms with Gasteiger partial charge in [-0.1, -0.05) is 56.9 Å². The Bertz CT molecular complexity index is 306. The van der Waals surface area contributed by atoms with E-state index in [4.69, 9.17) is 0 Å². The Kier molecular flexibility index (Phi) is 6.47. The maximum Gasteiger partial charge on any atom is -0.0254 e. The van der Waals surface area contributed by atoms with Crippen LogP contribution < -0.4 is 0 Å². The van der Waals surface area contributed by atoms with Gasteiger partial charge in [0.25, 0.3) is 0 Å². The standard InChI is InChI=1S/C12H14.C2H6/c1-4-5-6-12-8-7-10(2)11(3)9-12;1-2/h4-9H,1H2,2-3H3;1-2H3/b6-5+;. The van der Waals surface area contributed by atoms with Crippen LogP contribution in [0.5, 0.6) is 0 Å². The molecule has 0 aliphatic heterocycles. The molecule has 0 fully saturated rings. The summed E-state index contributed by atoms with van der Waals surface area (Å²) in [5.41, 5.74) is 3.91. The molecule has 0 radical (unpaired) electrons. The van der Waals surface area contributed by atoms with E-state index < -0.39 is 0 Å². The summed E-state index contributed by atoms with van der Waals surface area (Å²) in [6, 6.07) is 6.43. The Morgan fingerprint density at radius 3 is 2.21 bits per heavy atom. The van der Waals surface area contributed by atoms with E-state index in [0.717, 1.165) is 0 Å². The van der Waals surface area contributed by atoms with Crippen LogP contribution in [0.15, 0.2) is 36.9 Å². The quantitative estimate of drug-likeness (QED) is 0.598. The first kappa shape index (κ1) is 12.7. The molecule has 0 heteroatoms. The topological polar surface area (TPSA) is 0 Å². The minimum atomic E-state index is 1.23. The number of rotatable bonds is 2. The molecular formula is C14H20. The van der Waals surface area contributed by atoms with Crippen LogP contribution in [0, 0.1) is 13.8 Å². The summed E-state index contributed by atoms with van der Waals surface area (Å²) in [7, 11) is 0. The van der Waals surface area contributed by atoms with Crippen molar-refractivity contribution in [1.29, 1.82) is 0 Å². The van der Waals surface area contributed by atoms with Gasteiger partial charge in [-0.25, -0.2) is 0 Å². The molecule has 0 N–H and O–H groups in total. The Labute approximate surface area is 88.0 Å². The second-order valence-electron chi connectivity index (χ2n) is 2.94. The molecule has 1 aromatic rings. The lowest BCUT2D eigenvalue weighted by Crippen LogP contribution is -1.80. The van der Waals surface area contributed by atoms with Gasteiger partial charge in [0.15, 0.2) is 0 Å². The molecule has 0 saturated heterocycles. The largest absolute Gasteiger partial charge is 0.0991 e. The third kappa shape index (κ3) is 4.08. The van der Waals surface area contributed by atoms with Crippen LogP contribution in [0.2, 0.25) is 0 Å². The number of benzene rings is 1. The predicted octanol–water partition coefficient (Wildman–Crippen LogP) is 4.53. The number of allylic oxidation sites excluding steroid dienone is 2. The molecule has 0 unspecified atom stereocenters. The fourth-order valence-electron chi connectivity index (χ4n) is 1.05. The SMILES string of the molecule is C=C/C=C/c1ccc(C)c(C)c1.CC. The lowest BCUT2D eigenvalue weighted by molar-refractivity contribution is 1.33. The zero-order valence-corrected chi connectivity index (χ0v) is 9.67.